The van der Waals surface area contributed by atoms with E-state index in [4.69, 9.17) is 9.15 Å². The molecule has 0 spiro atoms. The summed E-state index contributed by atoms with van der Waals surface area (Å²) in [5.41, 5.74) is 0.303. The summed E-state index contributed by atoms with van der Waals surface area (Å²) in [6, 6.07) is 0. The lowest BCUT2D eigenvalue weighted by atomic mass is 10.3. The van der Waals surface area contributed by atoms with Gasteiger partial charge in [0.15, 0.2) is 0 Å². The lowest BCUT2D eigenvalue weighted by Crippen LogP contribution is -2.06. The van der Waals surface area contributed by atoms with Crippen LogP contribution in [0.5, 0.6) is 0 Å². The minimum atomic E-state index is -0.443. The fourth-order valence-electron chi connectivity index (χ4n) is 1.09. The standard InChI is InChI=1S/C10H9N3O3/c1-2-15-10(14)7-5-12-8(13-6-7)9-11-3-4-16-9/h3-6H,2H2,1H3. The number of hydrogen-bond donors (Lipinski definition) is 0. The van der Waals surface area contributed by atoms with Crippen molar-refractivity contribution in [2.24, 2.45) is 0 Å². The molecule has 0 unspecified atom stereocenters. The van der Waals surface area contributed by atoms with Crippen LogP contribution in [0.15, 0.2) is 29.3 Å². The predicted octanol–water partition coefficient (Wildman–Crippen LogP) is 1.31. The van der Waals surface area contributed by atoms with Crippen molar-refractivity contribution in [1.29, 1.82) is 0 Å². The van der Waals surface area contributed by atoms with E-state index in [9.17, 15) is 4.79 Å². The topological polar surface area (TPSA) is 78.1 Å². The highest BCUT2D eigenvalue weighted by Crippen LogP contribution is 2.10. The third-order valence-electron chi connectivity index (χ3n) is 1.79. The first-order valence-electron chi connectivity index (χ1n) is 4.70. The van der Waals surface area contributed by atoms with Gasteiger partial charge in [0.05, 0.1) is 18.4 Å². The van der Waals surface area contributed by atoms with E-state index in [0.29, 0.717) is 23.9 Å². The average molecular weight is 219 g/mol. The Labute approximate surface area is 91.3 Å². The molecule has 0 saturated carbocycles. The Hall–Kier alpha value is -2.24. The Balaban J connectivity index is 2.20. The predicted molar refractivity (Wildman–Crippen MR) is 53.5 cm³/mol. The molecule has 0 saturated heterocycles. The number of carbonyl (C=O) groups is 1. The second-order valence-electron chi connectivity index (χ2n) is 2.85. The Morgan fingerprint density at radius 3 is 2.69 bits per heavy atom. The van der Waals surface area contributed by atoms with Crippen molar-refractivity contribution in [3.05, 3.63) is 30.4 Å². The number of ether oxygens (including phenoxy) is 1. The second-order valence-corrected chi connectivity index (χ2v) is 2.85. The minimum absolute atomic E-state index is 0.303. The van der Waals surface area contributed by atoms with E-state index in [0.717, 1.165) is 0 Å². The van der Waals surface area contributed by atoms with E-state index in [-0.39, 0.29) is 0 Å². The van der Waals surface area contributed by atoms with Crippen molar-refractivity contribution in [2.45, 2.75) is 6.92 Å². The number of oxazole rings is 1. The molecule has 0 aliphatic heterocycles. The van der Waals surface area contributed by atoms with Crippen LogP contribution < -0.4 is 0 Å². The fourth-order valence-corrected chi connectivity index (χ4v) is 1.09. The third kappa shape index (κ3) is 2.05. The van der Waals surface area contributed by atoms with Gasteiger partial charge in [-0.3, -0.25) is 0 Å². The average Bonchev–Trinajstić information content (AvgIpc) is 2.83. The largest absolute Gasteiger partial charge is 0.462 e. The van der Waals surface area contributed by atoms with Gasteiger partial charge in [0.25, 0.3) is 5.89 Å². The molecule has 2 aromatic heterocycles. The molecule has 6 heteroatoms. The number of esters is 1. The molecule has 0 aliphatic carbocycles. The first kappa shape index (κ1) is 10.3. The van der Waals surface area contributed by atoms with Crippen LogP contribution in [-0.2, 0) is 4.74 Å². The monoisotopic (exact) mass is 219 g/mol. The summed E-state index contributed by atoms with van der Waals surface area (Å²) in [4.78, 5) is 23.1. The summed E-state index contributed by atoms with van der Waals surface area (Å²) in [6.45, 7) is 2.06. The molecule has 6 nitrogen and oxygen atoms in total. The van der Waals surface area contributed by atoms with Crippen molar-refractivity contribution >= 4 is 5.97 Å². The molecule has 0 fully saturated rings. The molecule has 0 atom stereocenters. The van der Waals surface area contributed by atoms with Gasteiger partial charge in [0.1, 0.15) is 6.26 Å². The summed E-state index contributed by atoms with van der Waals surface area (Å²) in [7, 11) is 0. The molecule has 16 heavy (non-hydrogen) atoms. The zero-order valence-electron chi connectivity index (χ0n) is 8.58. The first-order valence-corrected chi connectivity index (χ1v) is 4.70. The van der Waals surface area contributed by atoms with Gasteiger partial charge >= 0.3 is 5.97 Å². The van der Waals surface area contributed by atoms with Gasteiger partial charge in [-0.15, -0.1) is 0 Å². The van der Waals surface area contributed by atoms with Gasteiger partial charge in [-0.1, -0.05) is 0 Å². The molecule has 0 aromatic carbocycles. The van der Waals surface area contributed by atoms with Crippen LogP contribution in [0.4, 0.5) is 0 Å². The third-order valence-corrected chi connectivity index (χ3v) is 1.79. The molecule has 2 rings (SSSR count). The maximum Gasteiger partial charge on any atom is 0.341 e. The van der Waals surface area contributed by atoms with Crippen LogP contribution in [0.2, 0.25) is 0 Å². The number of aromatic nitrogens is 3. The zero-order chi connectivity index (χ0) is 11.4. The molecule has 0 amide bonds. The number of hydrogen-bond acceptors (Lipinski definition) is 6. The molecule has 0 N–H and O–H groups in total. The Bertz CT molecular complexity index is 465. The highest BCUT2D eigenvalue weighted by Gasteiger charge is 2.10. The van der Waals surface area contributed by atoms with E-state index >= 15 is 0 Å². The SMILES string of the molecule is CCOC(=O)c1cnc(-c2ncco2)nc1. The molecule has 0 aliphatic rings. The van der Waals surface area contributed by atoms with Crippen LogP contribution in [0, 0.1) is 0 Å². The van der Waals surface area contributed by atoms with Crippen LogP contribution in [0.1, 0.15) is 17.3 Å². The first-order chi connectivity index (χ1) is 7.81. The molecule has 0 radical (unpaired) electrons. The van der Waals surface area contributed by atoms with Gasteiger partial charge < -0.3 is 9.15 Å². The van der Waals surface area contributed by atoms with Gasteiger partial charge in [0.2, 0.25) is 5.82 Å². The Kier molecular flexibility index (Phi) is 2.90. The van der Waals surface area contributed by atoms with Crippen molar-refractivity contribution in [2.75, 3.05) is 6.61 Å². The van der Waals surface area contributed by atoms with Crippen LogP contribution in [0.3, 0.4) is 0 Å². The maximum atomic E-state index is 11.3. The molecular formula is C10H9N3O3. The van der Waals surface area contributed by atoms with Gasteiger partial charge in [-0.25, -0.2) is 19.7 Å². The summed E-state index contributed by atoms with van der Waals surface area (Å²) < 4.78 is 9.82. The highest BCUT2D eigenvalue weighted by atomic mass is 16.5. The molecule has 0 bridgehead atoms. The van der Waals surface area contributed by atoms with Crippen LogP contribution in [-0.4, -0.2) is 27.5 Å². The van der Waals surface area contributed by atoms with Gasteiger partial charge in [-0.05, 0) is 6.92 Å². The van der Waals surface area contributed by atoms with Crippen molar-refractivity contribution < 1.29 is 13.9 Å². The van der Waals surface area contributed by atoms with Crippen molar-refractivity contribution in [1.82, 2.24) is 15.0 Å². The van der Waals surface area contributed by atoms with Crippen LogP contribution >= 0.6 is 0 Å². The number of rotatable bonds is 3. The maximum absolute atomic E-state index is 11.3. The molecular weight excluding hydrogens is 210 g/mol. The smallest absolute Gasteiger partial charge is 0.341 e. The van der Waals surface area contributed by atoms with Crippen molar-refractivity contribution in [3.8, 4) is 11.7 Å². The van der Waals surface area contributed by atoms with Gasteiger partial charge in [-0.2, -0.15) is 0 Å². The van der Waals surface area contributed by atoms with Crippen LogP contribution in [0.25, 0.3) is 11.7 Å². The Morgan fingerprint density at radius 2 is 2.12 bits per heavy atom. The van der Waals surface area contributed by atoms with E-state index < -0.39 is 5.97 Å². The normalized spacial score (nSPS) is 10.1. The number of nitrogens with zero attached hydrogens (tertiary/aromatic N) is 3. The lowest BCUT2D eigenvalue weighted by molar-refractivity contribution is 0.0525. The quantitative estimate of drug-likeness (QED) is 0.724. The molecule has 82 valence electrons. The zero-order valence-corrected chi connectivity index (χ0v) is 8.58. The van der Waals surface area contributed by atoms with E-state index in [1.54, 1.807) is 6.92 Å². The summed E-state index contributed by atoms with van der Waals surface area (Å²) in [5.74, 6) is 0.204. The summed E-state index contributed by atoms with van der Waals surface area (Å²) in [5, 5.41) is 0. The highest BCUT2D eigenvalue weighted by molar-refractivity contribution is 5.88. The Morgan fingerprint density at radius 1 is 1.38 bits per heavy atom. The minimum Gasteiger partial charge on any atom is -0.462 e. The van der Waals surface area contributed by atoms with E-state index in [2.05, 4.69) is 15.0 Å². The van der Waals surface area contributed by atoms with Crippen molar-refractivity contribution in [3.63, 3.8) is 0 Å². The molecule has 2 aromatic rings. The molecule has 2 heterocycles. The number of carbonyl (C=O) groups excluding carboxylic acids is 1. The lowest BCUT2D eigenvalue weighted by Gasteiger charge is -2.00. The summed E-state index contributed by atoms with van der Waals surface area (Å²) in [6.07, 6.45) is 5.69. The van der Waals surface area contributed by atoms with E-state index in [1.165, 1.54) is 24.9 Å². The fraction of sp³-hybridized carbons (Fsp3) is 0.200. The second kappa shape index (κ2) is 4.52. The van der Waals surface area contributed by atoms with E-state index in [1.807, 2.05) is 0 Å². The summed E-state index contributed by atoms with van der Waals surface area (Å²) >= 11 is 0. The van der Waals surface area contributed by atoms with Gasteiger partial charge in [0, 0.05) is 12.4 Å².